The van der Waals surface area contributed by atoms with E-state index in [1.807, 2.05) is 0 Å². The zero-order chi connectivity index (χ0) is 17.8. The maximum absolute atomic E-state index is 12.5. The normalized spacial score (nSPS) is 12.5. The van der Waals surface area contributed by atoms with Crippen LogP contribution in [0.3, 0.4) is 0 Å². The fourth-order valence-corrected chi connectivity index (χ4v) is 2.61. The first-order valence-electron chi connectivity index (χ1n) is 6.35. The lowest BCUT2D eigenvalue weighted by Gasteiger charge is -2.18. The van der Waals surface area contributed by atoms with E-state index >= 15 is 0 Å². The standard InChI is InChI=1S/C14H6N2O8/c17-8-3-1-2-5-9(8)13(19)6-4-7(15(21)22)14(20)11(16(23)24)10(6)12(5)18/h1-4,17,20H. The van der Waals surface area contributed by atoms with Gasteiger partial charge in [-0.25, -0.2) is 0 Å². The molecule has 0 unspecified atom stereocenters. The number of fused-ring (bicyclic) bond motifs is 2. The van der Waals surface area contributed by atoms with Crippen molar-refractivity contribution in [1.82, 2.24) is 0 Å². The number of rotatable bonds is 2. The van der Waals surface area contributed by atoms with Crippen LogP contribution < -0.4 is 0 Å². The molecular weight excluding hydrogens is 324 g/mol. The van der Waals surface area contributed by atoms with Gasteiger partial charge in [0.2, 0.25) is 5.78 Å². The van der Waals surface area contributed by atoms with Gasteiger partial charge in [0.05, 0.1) is 15.4 Å². The van der Waals surface area contributed by atoms with Gasteiger partial charge in [0.25, 0.3) is 5.75 Å². The fourth-order valence-electron chi connectivity index (χ4n) is 2.61. The SMILES string of the molecule is O=C1c2cc([N+](=O)[O-])c(O)c([N+](=O)[O-])c2C(=O)c2cccc(O)c21. The van der Waals surface area contributed by atoms with Crippen molar-refractivity contribution in [3.63, 3.8) is 0 Å². The molecule has 0 aromatic heterocycles. The monoisotopic (exact) mass is 330 g/mol. The van der Waals surface area contributed by atoms with E-state index in [0.717, 1.165) is 6.07 Å². The summed E-state index contributed by atoms with van der Waals surface area (Å²) in [6.07, 6.45) is 0. The summed E-state index contributed by atoms with van der Waals surface area (Å²) < 4.78 is 0. The summed E-state index contributed by atoms with van der Waals surface area (Å²) >= 11 is 0. The molecule has 0 atom stereocenters. The summed E-state index contributed by atoms with van der Waals surface area (Å²) in [6.45, 7) is 0. The average Bonchev–Trinajstić information content (AvgIpc) is 2.51. The highest BCUT2D eigenvalue weighted by Gasteiger charge is 2.42. The summed E-state index contributed by atoms with van der Waals surface area (Å²) in [7, 11) is 0. The van der Waals surface area contributed by atoms with E-state index in [-0.39, 0.29) is 5.56 Å². The van der Waals surface area contributed by atoms with Gasteiger partial charge in [0.15, 0.2) is 5.78 Å². The van der Waals surface area contributed by atoms with Gasteiger partial charge in [0, 0.05) is 17.2 Å². The third kappa shape index (κ3) is 1.83. The van der Waals surface area contributed by atoms with Crippen LogP contribution >= 0.6 is 0 Å². The summed E-state index contributed by atoms with van der Waals surface area (Å²) in [5.41, 5.74) is -4.35. The van der Waals surface area contributed by atoms with E-state index in [2.05, 4.69) is 0 Å². The lowest BCUT2D eigenvalue weighted by molar-refractivity contribution is -0.396. The number of hydrogen-bond acceptors (Lipinski definition) is 8. The molecule has 2 N–H and O–H groups in total. The van der Waals surface area contributed by atoms with Crippen molar-refractivity contribution in [1.29, 1.82) is 0 Å². The molecule has 0 aliphatic heterocycles. The molecule has 0 heterocycles. The molecule has 120 valence electrons. The van der Waals surface area contributed by atoms with E-state index in [1.165, 1.54) is 12.1 Å². The van der Waals surface area contributed by atoms with Crippen LogP contribution in [0.15, 0.2) is 24.3 Å². The van der Waals surface area contributed by atoms with Gasteiger partial charge in [-0.1, -0.05) is 12.1 Å². The molecule has 0 radical (unpaired) electrons. The van der Waals surface area contributed by atoms with E-state index in [0.29, 0.717) is 6.07 Å². The first kappa shape index (κ1) is 15.1. The lowest BCUT2D eigenvalue weighted by Crippen LogP contribution is -2.22. The van der Waals surface area contributed by atoms with Crippen LogP contribution in [-0.2, 0) is 0 Å². The fraction of sp³-hybridized carbons (Fsp3) is 0. The van der Waals surface area contributed by atoms with Gasteiger partial charge >= 0.3 is 11.4 Å². The first-order valence-corrected chi connectivity index (χ1v) is 6.35. The highest BCUT2D eigenvalue weighted by atomic mass is 16.6. The number of benzene rings is 2. The van der Waals surface area contributed by atoms with Crippen molar-refractivity contribution in [3.8, 4) is 11.5 Å². The number of hydrogen-bond donors (Lipinski definition) is 2. The van der Waals surface area contributed by atoms with E-state index < -0.39 is 61.0 Å². The molecule has 0 fully saturated rings. The third-order valence-corrected chi connectivity index (χ3v) is 3.62. The quantitative estimate of drug-likeness (QED) is 0.530. The largest absolute Gasteiger partial charge is 0.507 e. The summed E-state index contributed by atoms with van der Waals surface area (Å²) in [6, 6.07) is 4.17. The van der Waals surface area contributed by atoms with Crippen LogP contribution in [0.4, 0.5) is 11.4 Å². The molecule has 0 saturated heterocycles. The Hall–Kier alpha value is -3.82. The highest BCUT2D eigenvalue weighted by Crippen LogP contribution is 2.45. The Bertz CT molecular complexity index is 979. The predicted octanol–water partition coefficient (Wildman–Crippen LogP) is 1.69. The first-order chi connectivity index (χ1) is 11.3. The second kappa shape index (κ2) is 4.84. The molecular formula is C14H6N2O8. The van der Waals surface area contributed by atoms with Crippen LogP contribution in [0.2, 0.25) is 0 Å². The topological polar surface area (TPSA) is 161 Å². The molecule has 10 nitrogen and oxygen atoms in total. The molecule has 0 saturated carbocycles. The maximum Gasteiger partial charge on any atom is 0.329 e. The van der Waals surface area contributed by atoms with Gasteiger partial charge < -0.3 is 10.2 Å². The molecule has 1 aliphatic carbocycles. The Morgan fingerprint density at radius 1 is 0.875 bits per heavy atom. The molecule has 0 bridgehead atoms. The highest BCUT2D eigenvalue weighted by molar-refractivity contribution is 6.31. The zero-order valence-electron chi connectivity index (χ0n) is 11.5. The number of ketones is 2. The van der Waals surface area contributed by atoms with Crippen molar-refractivity contribution < 1.29 is 29.6 Å². The second-order valence-corrected chi connectivity index (χ2v) is 4.89. The van der Waals surface area contributed by atoms with E-state index in [4.69, 9.17) is 0 Å². The number of nitrogens with zero attached hydrogens (tertiary/aromatic N) is 2. The van der Waals surface area contributed by atoms with Gasteiger partial charge in [-0.05, 0) is 6.07 Å². The maximum atomic E-state index is 12.5. The number of nitro benzene ring substituents is 2. The van der Waals surface area contributed by atoms with Gasteiger partial charge in [-0.3, -0.25) is 29.8 Å². The Labute approximate surface area is 131 Å². The molecule has 2 aromatic rings. The van der Waals surface area contributed by atoms with Crippen molar-refractivity contribution in [2.24, 2.45) is 0 Å². The number of carbonyl (C=O) groups excluding carboxylic acids is 2. The Balaban J connectivity index is 2.47. The van der Waals surface area contributed by atoms with Crippen LogP contribution in [0.5, 0.6) is 11.5 Å². The lowest BCUT2D eigenvalue weighted by atomic mass is 9.82. The van der Waals surface area contributed by atoms with Gasteiger partial charge in [-0.15, -0.1) is 0 Å². The minimum atomic E-state index is -1.31. The smallest absolute Gasteiger partial charge is 0.329 e. The number of phenolic OH excluding ortho intramolecular Hbond substituents is 2. The van der Waals surface area contributed by atoms with Crippen molar-refractivity contribution in [2.45, 2.75) is 0 Å². The second-order valence-electron chi connectivity index (χ2n) is 4.89. The van der Waals surface area contributed by atoms with E-state index in [9.17, 15) is 40.0 Å². The van der Waals surface area contributed by atoms with Gasteiger partial charge in [-0.2, -0.15) is 0 Å². The number of phenols is 2. The van der Waals surface area contributed by atoms with Crippen molar-refractivity contribution >= 4 is 22.9 Å². The Morgan fingerprint density at radius 3 is 2.08 bits per heavy atom. The van der Waals surface area contributed by atoms with Crippen LogP contribution in [0, 0.1) is 20.2 Å². The minimum Gasteiger partial charge on any atom is -0.507 e. The van der Waals surface area contributed by atoms with Crippen LogP contribution in [-0.4, -0.2) is 31.6 Å². The minimum absolute atomic E-state index is 0.288. The van der Waals surface area contributed by atoms with Crippen molar-refractivity contribution in [3.05, 3.63) is 66.7 Å². The molecule has 2 aromatic carbocycles. The number of carbonyl (C=O) groups is 2. The molecule has 10 heteroatoms. The summed E-state index contributed by atoms with van der Waals surface area (Å²) in [5.74, 6) is -3.82. The summed E-state index contributed by atoms with van der Waals surface area (Å²) in [4.78, 5) is 44.9. The van der Waals surface area contributed by atoms with Gasteiger partial charge in [0.1, 0.15) is 11.3 Å². The molecule has 1 aliphatic rings. The molecule has 3 rings (SSSR count). The van der Waals surface area contributed by atoms with Crippen LogP contribution in [0.25, 0.3) is 0 Å². The average molecular weight is 330 g/mol. The number of nitro groups is 2. The number of aromatic hydroxyl groups is 2. The third-order valence-electron chi connectivity index (χ3n) is 3.62. The Kier molecular flexibility index (Phi) is 3.04. The Morgan fingerprint density at radius 2 is 1.50 bits per heavy atom. The predicted molar refractivity (Wildman–Crippen MR) is 76.4 cm³/mol. The van der Waals surface area contributed by atoms with Crippen molar-refractivity contribution in [2.75, 3.05) is 0 Å². The van der Waals surface area contributed by atoms with Crippen LogP contribution in [0.1, 0.15) is 31.8 Å². The zero-order valence-corrected chi connectivity index (χ0v) is 11.5. The molecule has 0 spiro atoms. The van der Waals surface area contributed by atoms with E-state index in [1.54, 1.807) is 0 Å². The molecule has 24 heavy (non-hydrogen) atoms. The summed E-state index contributed by atoms with van der Waals surface area (Å²) in [5, 5.41) is 41.8. The molecule has 0 amide bonds.